The van der Waals surface area contributed by atoms with E-state index >= 15 is 0 Å². The van der Waals surface area contributed by atoms with E-state index in [1.165, 1.54) is 29.5 Å². The molecule has 2 rings (SSSR count). The van der Waals surface area contributed by atoms with Crippen LogP contribution in [0.25, 0.3) is 6.08 Å². The van der Waals surface area contributed by atoms with Gasteiger partial charge in [0.2, 0.25) is 11.7 Å². The van der Waals surface area contributed by atoms with Crippen LogP contribution in [-0.2, 0) is 4.79 Å². The number of hydrogen-bond donors (Lipinski definition) is 1. The van der Waals surface area contributed by atoms with Crippen LogP contribution in [0.4, 0.5) is 11.5 Å². The molecular weight excluding hydrogens is 302 g/mol. The second-order valence-corrected chi connectivity index (χ2v) is 4.96. The van der Waals surface area contributed by atoms with Gasteiger partial charge >= 0.3 is 5.69 Å². The van der Waals surface area contributed by atoms with Crippen molar-refractivity contribution in [2.45, 2.75) is 0 Å². The zero-order chi connectivity index (χ0) is 14.5. The van der Waals surface area contributed by atoms with Crippen molar-refractivity contribution in [2.24, 2.45) is 0 Å². The molecule has 0 unspecified atom stereocenters. The number of thiophene rings is 1. The Morgan fingerprint density at radius 2 is 2.25 bits per heavy atom. The number of halogens is 1. The molecule has 0 aromatic carbocycles. The third kappa shape index (κ3) is 3.62. The van der Waals surface area contributed by atoms with Gasteiger partial charge in [-0.2, -0.15) is 0 Å². The van der Waals surface area contributed by atoms with E-state index in [1.807, 2.05) is 17.5 Å². The van der Waals surface area contributed by atoms with Crippen LogP contribution in [0.5, 0.6) is 0 Å². The molecule has 0 atom stereocenters. The van der Waals surface area contributed by atoms with E-state index in [0.29, 0.717) is 0 Å². The van der Waals surface area contributed by atoms with Crippen molar-refractivity contribution in [1.29, 1.82) is 0 Å². The molecule has 1 N–H and O–H groups in total. The zero-order valence-electron chi connectivity index (χ0n) is 9.95. The van der Waals surface area contributed by atoms with Crippen molar-refractivity contribution >= 4 is 46.4 Å². The van der Waals surface area contributed by atoms with Gasteiger partial charge in [-0.25, -0.2) is 4.98 Å². The molecule has 1 amide bonds. The summed E-state index contributed by atoms with van der Waals surface area (Å²) in [7, 11) is 0. The highest BCUT2D eigenvalue weighted by atomic mass is 35.5. The molecule has 2 aromatic rings. The number of carbonyl (C=O) groups is 1. The number of amides is 1. The molecule has 0 aliphatic heterocycles. The smallest absolute Gasteiger partial charge is 0.301 e. The predicted octanol–water partition coefficient (Wildman–Crippen LogP) is 3.36. The Hall–Kier alpha value is -2.25. The van der Waals surface area contributed by atoms with Crippen LogP contribution >= 0.6 is 22.9 Å². The minimum atomic E-state index is -0.637. The van der Waals surface area contributed by atoms with Gasteiger partial charge in [-0.15, -0.1) is 11.3 Å². The van der Waals surface area contributed by atoms with Crippen molar-refractivity contribution < 1.29 is 9.72 Å². The van der Waals surface area contributed by atoms with Gasteiger partial charge in [0.25, 0.3) is 0 Å². The minimum Gasteiger partial charge on any atom is -0.301 e. The zero-order valence-corrected chi connectivity index (χ0v) is 11.5. The van der Waals surface area contributed by atoms with Crippen LogP contribution in [0.3, 0.4) is 0 Å². The lowest BCUT2D eigenvalue weighted by atomic mass is 10.3. The first-order chi connectivity index (χ1) is 9.56. The number of aromatic nitrogens is 1. The van der Waals surface area contributed by atoms with Crippen LogP contribution in [0.15, 0.2) is 35.7 Å². The normalized spacial score (nSPS) is 10.7. The number of nitro groups is 1. The Bertz CT molecular complexity index is 671. The maximum atomic E-state index is 11.7. The van der Waals surface area contributed by atoms with Crippen molar-refractivity contribution in [3.63, 3.8) is 0 Å². The molecule has 0 spiro atoms. The van der Waals surface area contributed by atoms with E-state index in [4.69, 9.17) is 11.6 Å². The molecule has 0 saturated heterocycles. The molecule has 8 heteroatoms. The molecule has 0 aliphatic carbocycles. The topological polar surface area (TPSA) is 85.1 Å². The Labute approximate surface area is 122 Å². The highest BCUT2D eigenvalue weighted by Crippen LogP contribution is 2.23. The van der Waals surface area contributed by atoms with Gasteiger partial charge in [0.1, 0.15) is 5.15 Å². The molecule has 2 aromatic heterocycles. The summed E-state index contributed by atoms with van der Waals surface area (Å²) in [4.78, 5) is 26.5. The lowest BCUT2D eigenvalue weighted by Gasteiger charge is -2.02. The third-order valence-corrected chi connectivity index (χ3v) is 3.27. The summed E-state index contributed by atoms with van der Waals surface area (Å²) < 4.78 is 0. The number of hydrogen-bond acceptors (Lipinski definition) is 5. The standard InChI is InChI=1S/C12H8ClN3O3S/c13-10-5-4-9(16(18)19)12(14-10)15-11(17)6-3-8-2-1-7-20-8/h1-7H,(H,14,15,17)/b6-3+. The minimum absolute atomic E-state index is 0.0631. The van der Waals surface area contributed by atoms with Gasteiger partial charge < -0.3 is 5.32 Å². The average molecular weight is 310 g/mol. The van der Waals surface area contributed by atoms with Gasteiger partial charge in [0.05, 0.1) is 4.92 Å². The Morgan fingerprint density at radius 3 is 2.90 bits per heavy atom. The molecule has 0 saturated carbocycles. The maximum Gasteiger partial charge on any atom is 0.311 e. The summed E-state index contributed by atoms with van der Waals surface area (Å²) in [5, 5.41) is 15.1. The fourth-order valence-corrected chi connectivity index (χ4v) is 2.14. The number of anilines is 1. The molecule has 20 heavy (non-hydrogen) atoms. The number of carbonyl (C=O) groups excluding carboxylic acids is 1. The molecule has 0 radical (unpaired) electrons. The summed E-state index contributed by atoms with van der Waals surface area (Å²) in [6, 6.07) is 6.17. The van der Waals surface area contributed by atoms with Crippen LogP contribution in [0.2, 0.25) is 5.15 Å². The van der Waals surface area contributed by atoms with Crippen molar-refractivity contribution in [2.75, 3.05) is 5.32 Å². The van der Waals surface area contributed by atoms with Crippen LogP contribution in [0, 0.1) is 10.1 Å². The lowest BCUT2D eigenvalue weighted by molar-refractivity contribution is -0.384. The second kappa shape index (κ2) is 6.27. The first kappa shape index (κ1) is 14.2. The fourth-order valence-electron chi connectivity index (χ4n) is 1.37. The first-order valence-electron chi connectivity index (χ1n) is 5.40. The van der Waals surface area contributed by atoms with E-state index in [9.17, 15) is 14.9 Å². The van der Waals surface area contributed by atoms with Gasteiger partial charge in [-0.1, -0.05) is 17.7 Å². The summed E-state index contributed by atoms with van der Waals surface area (Å²) in [6.45, 7) is 0. The number of rotatable bonds is 4. The summed E-state index contributed by atoms with van der Waals surface area (Å²) >= 11 is 7.13. The van der Waals surface area contributed by atoms with Gasteiger partial charge in [0, 0.05) is 17.0 Å². The highest BCUT2D eigenvalue weighted by Gasteiger charge is 2.16. The molecule has 2 heterocycles. The van der Waals surface area contributed by atoms with Crippen molar-refractivity contribution in [3.05, 3.63) is 55.9 Å². The van der Waals surface area contributed by atoms with E-state index < -0.39 is 10.8 Å². The average Bonchev–Trinajstić information content (AvgIpc) is 2.89. The van der Waals surface area contributed by atoms with Crippen molar-refractivity contribution in [1.82, 2.24) is 4.98 Å². The monoisotopic (exact) mass is 309 g/mol. The van der Waals surface area contributed by atoms with E-state index in [1.54, 1.807) is 6.08 Å². The molecule has 0 aliphatic rings. The number of nitrogens with zero attached hydrogens (tertiary/aromatic N) is 2. The second-order valence-electron chi connectivity index (χ2n) is 3.60. The van der Waals surface area contributed by atoms with Crippen LogP contribution < -0.4 is 5.32 Å². The van der Waals surface area contributed by atoms with E-state index in [0.717, 1.165) is 4.88 Å². The van der Waals surface area contributed by atoms with Crippen LogP contribution in [-0.4, -0.2) is 15.8 Å². The first-order valence-corrected chi connectivity index (χ1v) is 6.65. The van der Waals surface area contributed by atoms with Crippen LogP contribution in [0.1, 0.15) is 4.88 Å². The molecular formula is C12H8ClN3O3S. The molecule has 102 valence electrons. The molecule has 0 fully saturated rings. The Balaban J connectivity index is 2.15. The maximum absolute atomic E-state index is 11.7. The fraction of sp³-hybridized carbons (Fsp3) is 0. The van der Waals surface area contributed by atoms with E-state index in [-0.39, 0.29) is 16.7 Å². The molecule has 0 bridgehead atoms. The summed E-state index contributed by atoms with van der Waals surface area (Å²) in [5.41, 5.74) is -0.313. The van der Waals surface area contributed by atoms with Crippen molar-refractivity contribution in [3.8, 4) is 0 Å². The largest absolute Gasteiger partial charge is 0.311 e. The Morgan fingerprint density at radius 1 is 1.45 bits per heavy atom. The quantitative estimate of drug-likeness (QED) is 0.406. The third-order valence-electron chi connectivity index (χ3n) is 2.22. The predicted molar refractivity (Wildman–Crippen MR) is 77.9 cm³/mol. The van der Waals surface area contributed by atoms with Gasteiger partial charge in [-0.05, 0) is 23.6 Å². The Kier molecular flexibility index (Phi) is 4.44. The summed E-state index contributed by atoms with van der Waals surface area (Å²) in [6.07, 6.45) is 2.88. The summed E-state index contributed by atoms with van der Waals surface area (Å²) in [5.74, 6) is -0.695. The SMILES string of the molecule is O=C(/C=C/c1cccs1)Nc1nc(Cl)ccc1[N+](=O)[O-]. The highest BCUT2D eigenvalue weighted by molar-refractivity contribution is 7.10. The van der Waals surface area contributed by atoms with Gasteiger partial charge in [-0.3, -0.25) is 14.9 Å². The molecule has 6 nitrogen and oxygen atoms in total. The van der Waals surface area contributed by atoms with E-state index in [2.05, 4.69) is 10.3 Å². The van der Waals surface area contributed by atoms with Gasteiger partial charge in [0.15, 0.2) is 0 Å². The lowest BCUT2D eigenvalue weighted by Crippen LogP contribution is -2.11. The number of pyridine rings is 1. The number of nitrogens with one attached hydrogen (secondary N) is 1.